The number of methoxy groups -OCH3 is 1. The van der Waals surface area contributed by atoms with Gasteiger partial charge in [0.05, 0.1) is 20.3 Å². The second-order valence-corrected chi connectivity index (χ2v) is 6.34. The number of rotatable bonds is 3. The minimum Gasteiger partial charge on any atom is -0.467 e. The lowest BCUT2D eigenvalue weighted by Crippen LogP contribution is -2.50. The zero-order chi connectivity index (χ0) is 15.6. The first-order chi connectivity index (χ1) is 9.81. The van der Waals surface area contributed by atoms with E-state index in [0.29, 0.717) is 13.2 Å². The van der Waals surface area contributed by atoms with E-state index in [0.717, 1.165) is 6.42 Å². The van der Waals surface area contributed by atoms with Crippen molar-refractivity contribution < 1.29 is 28.5 Å². The molecular weight excluding hydrogens is 278 g/mol. The summed E-state index contributed by atoms with van der Waals surface area (Å²) in [6.45, 7) is 6.24. The maximum absolute atomic E-state index is 12.0. The first kappa shape index (κ1) is 16.0. The van der Waals surface area contributed by atoms with Crippen molar-refractivity contribution in [3.63, 3.8) is 0 Å². The van der Waals surface area contributed by atoms with Gasteiger partial charge in [-0.25, -0.2) is 9.59 Å². The molecule has 0 radical (unpaired) electrons. The molecule has 1 amide bonds. The van der Waals surface area contributed by atoms with Crippen molar-refractivity contribution in [3.8, 4) is 0 Å². The zero-order valence-corrected chi connectivity index (χ0v) is 12.9. The van der Waals surface area contributed by atoms with Crippen molar-refractivity contribution in [1.82, 2.24) is 5.32 Å². The van der Waals surface area contributed by atoms with E-state index >= 15 is 0 Å². The first-order valence-electron chi connectivity index (χ1n) is 7.12. The standard InChI is InChI=1S/C14H23NO6/c1-14(2,3)21-13(17)15-10(11(16)18-4)9-7-20-12-8(9)5-6-19-12/h8-10,12H,5-7H2,1-4H3,(H,15,17)/t8-,9-,10+,12+/m1/s1. The Morgan fingerprint density at radius 1 is 1.29 bits per heavy atom. The molecule has 0 aromatic carbocycles. The highest BCUT2D eigenvalue weighted by Crippen LogP contribution is 2.37. The van der Waals surface area contributed by atoms with E-state index in [1.807, 2.05) is 0 Å². The summed E-state index contributed by atoms with van der Waals surface area (Å²) in [7, 11) is 1.30. The summed E-state index contributed by atoms with van der Waals surface area (Å²) in [6, 6.07) is -0.790. The van der Waals surface area contributed by atoms with E-state index in [1.54, 1.807) is 20.8 Å². The first-order valence-corrected chi connectivity index (χ1v) is 7.12. The van der Waals surface area contributed by atoms with Gasteiger partial charge in [0.2, 0.25) is 0 Å². The largest absolute Gasteiger partial charge is 0.467 e. The fourth-order valence-corrected chi connectivity index (χ4v) is 2.74. The number of ether oxygens (including phenoxy) is 4. The summed E-state index contributed by atoms with van der Waals surface area (Å²) in [5, 5.41) is 2.61. The normalized spacial score (nSPS) is 29.6. The third-order valence-corrected chi connectivity index (χ3v) is 3.64. The van der Waals surface area contributed by atoms with Crippen LogP contribution in [0.25, 0.3) is 0 Å². The topological polar surface area (TPSA) is 83.1 Å². The lowest BCUT2D eigenvalue weighted by atomic mass is 9.87. The van der Waals surface area contributed by atoms with E-state index in [-0.39, 0.29) is 18.1 Å². The Balaban J connectivity index is 2.05. The van der Waals surface area contributed by atoms with Crippen LogP contribution < -0.4 is 5.32 Å². The van der Waals surface area contributed by atoms with Crippen molar-refractivity contribution in [1.29, 1.82) is 0 Å². The summed E-state index contributed by atoms with van der Waals surface area (Å²) < 4.78 is 21.0. The highest BCUT2D eigenvalue weighted by atomic mass is 16.7. The maximum Gasteiger partial charge on any atom is 0.408 e. The van der Waals surface area contributed by atoms with Crippen LogP contribution in [0, 0.1) is 11.8 Å². The van der Waals surface area contributed by atoms with Gasteiger partial charge in [-0.15, -0.1) is 0 Å². The molecule has 2 heterocycles. The lowest BCUT2D eigenvalue weighted by molar-refractivity contribution is -0.145. The third-order valence-electron chi connectivity index (χ3n) is 3.64. The van der Waals surface area contributed by atoms with Gasteiger partial charge in [0.25, 0.3) is 0 Å². The number of alkyl carbamates (subject to hydrolysis) is 1. The molecule has 1 N–H and O–H groups in total. The fourth-order valence-electron chi connectivity index (χ4n) is 2.74. The number of carbonyl (C=O) groups excluding carboxylic acids is 2. The number of hydrogen-bond donors (Lipinski definition) is 1. The van der Waals surface area contributed by atoms with Crippen molar-refractivity contribution >= 4 is 12.1 Å². The number of nitrogens with one attached hydrogen (secondary N) is 1. The van der Waals surface area contributed by atoms with Crippen molar-refractivity contribution in [3.05, 3.63) is 0 Å². The molecule has 4 atom stereocenters. The van der Waals surface area contributed by atoms with Crippen LogP contribution >= 0.6 is 0 Å². The number of carbonyl (C=O) groups is 2. The fraction of sp³-hybridized carbons (Fsp3) is 0.857. The van der Waals surface area contributed by atoms with Crippen LogP contribution in [0.5, 0.6) is 0 Å². The van der Waals surface area contributed by atoms with Gasteiger partial charge in [-0.3, -0.25) is 0 Å². The van der Waals surface area contributed by atoms with Gasteiger partial charge < -0.3 is 24.3 Å². The second kappa shape index (κ2) is 6.19. The Morgan fingerprint density at radius 2 is 2.00 bits per heavy atom. The van der Waals surface area contributed by atoms with E-state index in [1.165, 1.54) is 7.11 Å². The van der Waals surface area contributed by atoms with E-state index < -0.39 is 23.7 Å². The Kier molecular flexibility index (Phi) is 4.73. The van der Waals surface area contributed by atoms with Crippen LogP contribution in [0.1, 0.15) is 27.2 Å². The van der Waals surface area contributed by atoms with Gasteiger partial charge in [-0.05, 0) is 27.2 Å². The molecule has 7 heteroatoms. The van der Waals surface area contributed by atoms with Crippen LogP contribution in [0.3, 0.4) is 0 Å². The molecular formula is C14H23NO6. The average Bonchev–Trinajstić information content (AvgIpc) is 2.95. The SMILES string of the molecule is COC(=O)[C@@H](NC(=O)OC(C)(C)C)[C@@H]1CO[C@@H]2OCC[C@@H]21. The van der Waals surface area contributed by atoms with Crippen LogP contribution in [-0.2, 0) is 23.7 Å². The van der Waals surface area contributed by atoms with Crippen LogP contribution in [0.15, 0.2) is 0 Å². The quantitative estimate of drug-likeness (QED) is 0.785. The molecule has 0 aliphatic carbocycles. The molecule has 0 saturated carbocycles. The molecule has 0 aromatic rings. The predicted molar refractivity (Wildman–Crippen MR) is 72.5 cm³/mol. The van der Waals surface area contributed by atoms with Gasteiger partial charge in [-0.2, -0.15) is 0 Å². The molecule has 21 heavy (non-hydrogen) atoms. The molecule has 0 unspecified atom stereocenters. The highest BCUT2D eigenvalue weighted by molar-refractivity contribution is 5.81. The van der Waals surface area contributed by atoms with Crippen LogP contribution in [0.2, 0.25) is 0 Å². The van der Waals surface area contributed by atoms with Crippen LogP contribution in [0.4, 0.5) is 4.79 Å². The Hall–Kier alpha value is -1.34. The summed E-state index contributed by atoms with van der Waals surface area (Å²) in [4.78, 5) is 23.9. The summed E-state index contributed by atoms with van der Waals surface area (Å²) >= 11 is 0. The molecule has 120 valence electrons. The third kappa shape index (κ3) is 3.85. The molecule has 0 bridgehead atoms. The molecule has 2 aliphatic rings. The highest BCUT2D eigenvalue weighted by Gasteiger charge is 2.48. The van der Waals surface area contributed by atoms with E-state index in [4.69, 9.17) is 18.9 Å². The minimum absolute atomic E-state index is 0.0871. The monoisotopic (exact) mass is 301 g/mol. The molecule has 2 rings (SSSR count). The summed E-state index contributed by atoms with van der Waals surface area (Å²) in [5.41, 5.74) is -0.629. The van der Waals surface area contributed by atoms with E-state index in [9.17, 15) is 9.59 Å². The van der Waals surface area contributed by atoms with Gasteiger partial charge in [0, 0.05) is 11.8 Å². The molecule has 7 nitrogen and oxygen atoms in total. The predicted octanol–water partition coefficient (Wildman–Crippen LogP) is 1.06. The molecule has 0 spiro atoms. The number of hydrogen-bond acceptors (Lipinski definition) is 6. The van der Waals surface area contributed by atoms with Gasteiger partial charge in [0.15, 0.2) is 6.29 Å². The number of esters is 1. The smallest absolute Gasteiger partial charge is 0.408 e. The lowest BCUT2D eigenvalue weighted by Gasteiger charge is -2.27. The van der Waals surface area contributed by atoms with Crippen molar-refractivity contribution in [2.45, 2.75) is 45.1 Å². The minimum atomic E-state index is -0.790. The van der Waals surface area contributed by atoms with Crippen molar-refractivity contribution in [2.24, 2.45) is 11.8 Å². The molecule has 2 saturated heterocycles. The van der Waals surface area contributed by atoms with E-state index in [2.05, 4.69) is 5.32 Å². The number of amides is 1. The Bertz CT molecular complexity index is 405. The molecule has 0 aromatic heterocycles. The summed E-state index contributed by atoms with van der Waals surface area (Å²) in [6.07, 6.45) is -0.124. The summed E-state index contributed by atoms with van der Waals surface area (Å²) in [5.74, 6) is -0.580. The number of fused-ring (bicyclic) bond motifs is 1. The molecule has 2 fully saturated rings. The Labute approximate surface area is 124 Å². The van der Waals surface area contributed by atoms with Gasteiger partial charge in [0.1, 0.15) is 11.6 Å². The van der Waals surface area contributed by atoms with Crippen LogP contribution in [-0.4, -0.2) is 50.3 Å². The Morgan fingerprint density at radius 3 is 2.62 bits per heavy atom. The van der Waals surface area contributed by atoms with Crippen molar-refractivity contribution in [2.75, 3.05) is 20.3 Å². The average molecular weight is 301 g/mol. The zero-order valence-electron chi connectivity index (χ0n) is 12.9. The van der Waals surface area contributed by atoms with Gasteiger partial charge in [-0.1, -0.05) is 0 Å². The second-order valence-electron chi connectivity index (χ2n) is 6.34. The molecule has 2 aliphatic heterocycles. The van der Waals surface area contributed by atoms with Gasteiger partial charge >= 0.3 is 12.1 Å². The maximum atomic E-state index is 12.0.